The minimum absolute atomic E-state index is 0.746. The van der Waals surface area contributed by atoms with Crippen LogP contribution in [0.25, 0.3) is 6.08 Å². The first kappa shape index (κ1) is 14.4. The molecule has 3 heteroatoms. The second kappa shape index (κ2) is 6.92. The molecule has 0 unspecified atom stereocenters. The average molecular weight is 286 g/mol. The number of rotatable bonds is 4. The van der Waals surface area contributed by atoms with Gasteiger partial charge in [-0.05, 0) is 48.4 Å². The van der Waals surface area contributed by atoms with Crippen molar-refractivity contribution in [2.45, 2.75) is 6.92 Å². The van der Waals surface area contributed by atoms with Crippen LogP contribution in [0.5, 0.6) is 5.75 Å². The third-order valence-corrected chi connectivity index (χ3v) is 2.88. The van der Waals surface area contributed by atoms with Gasteiger partial charge in [0.1, 0.15) is 5.75 Å². The van der Waals surface area contributed by atoms with E-state index in [4.69, 9.17) is 16.3 Å². The number of ether oxygens (including phenoxy) is 1. The summed E-state index contributed by atoms with van der Waals surface area (Å²) in [5, 5.41) is 0.746. The van der Waals surface area contributed by atoms with Gasteiger partial charge in [0.15, 0.2) is 0 Å². The average Bonchev–Trinajstić information content (AvgIpc) is 2.46. The second-order valence-electron chi connectivity index (χ2n) is 4.32. The molecule has 2 aromatic rings. The van der Waals surface area contributed by atoms with Crippen molar-refractivity contribution in [1.29, 1.82) is 0 Å². The summed E-state index contributed by atoms with van der Waals surface area (Å²) in [6.07, 6.45) is 3.77. The first-order chi connectivity index (χ1) is 9.69. The molecular formula is C17H16ClNO. The highest BCUT2D eigenvalue weighted by molar-refractivity contribution is 6.31. The summed E-state index contributed by atoms with van der Waals surface area (Å²) < 4.78 is 5.12. The summed E-state index contributed by atoms with van der Waals surface area (Å²) in [6.45, 7) is 1.86. The van der Waals surface area contributed by atoms with Gasteiger partial charge in [0.05, 0.1) is 12.8 Å². The highest BCUT2D eigenvalue weighted by Crippen LogP contribution is 2.19. The lowest BCUT2D eigenvalue weighted by Crippen LogP contribution is -1.86. The van der Waals surface area contributed by atoms with Crippen molar-refractivity contribution < 1.29 is 4.74 Å². The van der Waals surface area contributed by atoms with Crippen LogP contribution in [0, 0.1) is 0 Å². The van der Waals surface area contributed by atoms with E-state index in [0.717, 1.165) is 27.6 Å². The predicted molar refractivity (Wildman–Crippen MR) is 86.2 cm³/mol. The van der Waals surface area contributed by atoms with Gasteiger partial charge < -0.3 is 4.74 Å². The number of hydrogen-bond acceptors (Lipinski definition) is 2. The Labute approximate surface area is 124 Å². The number of hydrogen-bond donors (Lipinski definition) is 0. The van der Waals surface area contributed by atoms with Gasteiger partial charge in [-0.25, -0.2) is 0 Å². The Kier molecular flexibility index (Phi) is 4.97. The van der Waals surface area contributed by atoms with Gasteiger partial charge in [0, 0.05) is 11.2 Å². The van der Waals surface area contributed by atoms with Gasteiger partial charge in [0.25, 0.3) is 0 Å². The van der Waals surface area contributed by atoms with Crippen LogP contribution in [0.2, 0.25) is 0 Å². The minimum atomic E-state index is 0.746. The molecule has 0 bridgehead atoms. The maximum Gasteiger partial charge on any atom is 0.119 e. The number of benzene rings is 2. The molecule has 0 radical (unpaired) electrons. The van der Waals surface area contributed by atoms with Crippen molar-refractivity contribution in [2.75, 3.05) is 7.11 Å². The molecule has 2 aromatic carbocycles. The van der Waals surface area contributed by atoms with Crippen molar-refractivity contribution in [2.24, 2.45) is 4.99 Å². The third-order valence-electron chi connectivity index (χ3n) is 2.78. The minimum Gasteiger partial charge on any atom is -0.497 e. The second-order valence-corrected chi connectivity index (χ2v) is 4.91. The van der Waals surface area contributed by atoms with Crippen LogP contribution in [0.3, 0.4) is 0 Å². The Balaban J connectivity index is 2.24. The molecule has 0 saturated carbocycles. The molecule has 0 amide bonds. The zero-order chi connectivity index (χ0) is 14.4. The van der Waals surface area contributed by atoms with Crippen LogP contribution < -0.4 is 4.74 Å². The van der Waals surface area contributed by atoms with E-state index in [9.17, 15) is 0 Å². The zero-order valence-corrected chi connectivity index (χ0v) is 12.3. The van der Waals surface area contributed by atoms with Crippen molar-refractivity contribution in [3.05, 3.63) is 64.7 Å². The van der Waals surface area contributed by atoms with E-state index in [-0.39, 0.29) is 0 Å². The largest absolute Gasteiger partial charge is 0.497 e. The molecule has 0 aliphatic heterocycles. The predicted octanol–water partition coefficient (Wildman–Crippen LogP) is 5.05. The summed E-state index contributed by atoms with van der Waals surface area (Å²) in [6, 6.07) is 15.6. The highest BCUT2D eigenvalue weighted by Gasteiger charge is 1.97. The van der Waals surface area contributed by atoms with E-state index in [0.29, 0.717) is 0 Å². The summed E-state index contributed by atoms with van der Waals surface area (Å²) in [5.41, 5.74) is 2.97. The quantitative estimate of drug-likeness (QED) is 0.721. The molecule has 2 nitrogen and oxygen atoms in total. The van der Waals surface area contributed by atoms with Gasteiger partial charge in [-0.15, -0.1) is 0 Å². The fraction of sp³-hybridized carbons (Fsp3) is 0.118. The fourth-order valence-corrected chi connectivity index (χ4v) is 1.90. The highest BCUT2D eigenvalue weighted by atomic mass is 35.5. The van der Waals surface area contributed by atoms with Gasteiger partial charge in [0.2, 0.25) is 0 Å². The van der Waals surface area contributed by atoms with Crippen LogP contribution >= 0.6 is 11.6 Å². The molecule has 102 valence electrons. The van der Waals surface area contributed by atoms with Crippen LogP contribution in [0.4, 0.5) is 5.69 Å². The lowest BCUT2D eigenvalue weighted by molar-refractivity contribution is 0.415. The van der Waals surface area contributed by atoms with E-state index in [1.807, 2.05) is 67.7 Å². The summed E-state index contributed by atoms with van der Waals surface area (Å²) in [7, 11) is 1.65. The molecule has 0 heterocycles. The summed E-state index contributed by atoms with van der Waals surface area (Å²) in [5.74, 6) is 0.824. The monoisotopic (exact) mass is 285 g/mol. The Hall–Kier alpha value is -2.06. The van der Waals surface area contributed by atoms with E-state index in [1.54, 1.807) is 7.11 Å². The maximum atomic E-state index is 5.94. The lowest BCUT2D eigenvalue weighted by atomic mass is 10.1. The smallest absolute Gasteiger partial charge is 0.119 e. The SMILES string of the molecule is COc1ccc(/N=C/c2ccccc2/C=C(/C)Cl)cc1. The molecule has 2 rings (SSSR count). The summed E-state index contributed by atoms with van der Waals surface area (Å²) in [4.78, 5) is 4.47. The van der Waals surface area contributed by atoms with Crippen molar-refractivity contribution in [3.63, 3.8) is 0 Å². The molecule has 0 aromatic heterocycles. The number of allylic oxidation sites excluding steroid dienone is 1. The Bertz CT molecular complexity index is 626. The van der Waals surface area contributed by atoms with Crippen molar-refractivity contribution >= 4 is 29.6 Å². The van der Waals surface area contributed by atoms with E-state index < -0.39 is 0 Å². The molecule has 0 saturated heterocycles. The lowest BCUT2D eigenvalue weighted by Gasteiger charge is -2.01. The number of halogens is 1. The molecule has 0 spiro atoms. The van der Waals surface area contributed by atoms with Crippen molar-refractivity contribution in [1.82, 2.24) is 0 Å². The Morgan fingerprint density at radius 2 is 1.70 bits per heavy atom. The fourth-order valence-electron chi connectivity index (χ4n) is 1.79. The Morgan fingerprint density at radius 1 is 1.05 bits per heavy atom. The van der Waals surface area contributed by atoms with Crippen LogP contribution in [-0.2, 0) is 0 Å². The Morgan fingerprint density at radius 3 is 2.30 bits per heavy atom. The first-order valence-corrected chi connectivity index (χ1v) is 6.68. The molecule has 0 atom stereocenters. The third kappa shape index (κ3) is 3.97. The van der Waals surface area contributed by atoms with E-state index in [1.165, 1.54) is 0 Å². The van der Waals surface area contributed by atoms with Gasteiger partial charge in [-0.1, -0.05) is 35.9 Å². The molecule has 0 aliphatic carbocycles. The van der Waals surface area contributed by atoms with Crippen LogP contribution in [-0.4, -0.2) is 13.3 Å². The normalized spacial score (nSPS) is 11.8. The molecular weight excluding hydrogens is 270 g/mol. The molecule has 0 fully saturated rings. The summed E-state index contributed by atoms with van der Waals surface area (Å²) >= 11 is 5.94. The van der Waals surface area contributed by atoms with Gasteiger partial charge in [-0.2, -0.15) is 0 Å². The standard InChI is InChI=1S/C17H16ClNO/c1-13(18)11-14-5-3-4-6-15(14)12-19-16-7-9-17(20-2)10-8-16/h3-12H,1-2H3/b13-11-,19-12+. The number of nitrogens with zero attached hydrogens (tertiary/aromatic N) is 1. The van der Waals surface area contributed by atoms with E-state index in [2.05, 4.69) is 4.99 Å². The van der Waals surface area contributed by atoms with Gasteiger partial charge >= 0.3 is 0 Å². The number of methoxy groups -OCH3 is 1. The molecule has 20 heavy (non-hydrogen) atoms. The van der Waals surface area contributed by atoms with Gasteiger partial charge in [-0.3, -0.25) is 4.99 Å². The molecule has 0 N–H and O–H groups in total. The zero-order valence-electron chi connectivity index (χ0n) is 11.5. The maximum absolute atomic E-state index is 5.94. The van der Waals surface area contributed by atoms with E-state index >= 15 is 0 Å². The number of aliphatic imine (C=N–C) groups is 1. The van der Waals surface area contributed by atoms with Crippen LogP contribution in [0.1, 0.15) is 18.1 Å². The van der Waals surface area contributed by atoms with Crippen LogP contribution in [0.15, 0.2) is 58.6 Å². The first-order valence-electron chi connectivity index (χ1n) is 6.30. The topological polar surface area (TPSA) is 21.6 Å². The van der Waals surface area contributed by atoms with Crippen molar-refractivity contribution in [3.8, 4) is 5.75 Å². The molecule has 0 aliphatic rings.